The third-order valence-corrected chi connectivity index (χ3v) is 3.55. The van der Waals surface area contributed by atoms with E-state index >= 15 is 0 Å². The fourth-order valence-electron chi connectivity index (χ4n) is 2.33. The molecule has 0 radical (unpaired) electrons. The number of aromatic nitrogens is 2. The quantitative estimate of drug-likeness (QED) is 0.731. The maximum absolute atomic E-state index is 6.01. The van der Waals surface area contributed by atoms with Crippen molar-refractivity contribution in [2.45, 2.75) is 13.0 Å². The highest BCUT2D eigenvalue weighted by molar-refractivity contribution is 5.75. The Hall–Kier alpha value is -2.55. The van der Waals surface area contributed by atoms with Gasteiger partial charge in [0.25, 0.3) is 0 Å². The number of para-hydroxylation sites is 1. The topological polar surface area (TPSA) is 43.8 Å². The van der Waals surface area contributed by atoms with Gasteiger partial charge in [0.1, 0.15) is 0 Å². The van der Waals surface area contributed by atoms with Crippen LogP contribution in [-0.2, 0) is 0 Å². The first-order valence-corrected chi connectivity index (χ1v) is 6.69. The van der Waals surface area contributed by atoms with Crippen LogP contribution in [0.3, 0.4) is 0 Å². The fourth-order valence-corrected chi connectivity index (χ4v) is 2.33. The predicted octanol–water partition coefficient (Wildman–Crippen LogP) is 3.74. The van der Waals surface area contributed by atoms with Crippen molar-refractivity contribution in [3.63, 3.8) is 0 Å². The Morgan fingerprint density at radius 1 is 1.00 bits per heavy atom. The molecular formula is C17H17N3. The Balaban J connectivity index is 1.93. The fraction of sp³-hybridized carbons (Fsp3) is 0.118. The van der Waals surface area contributed by atoms with Crippen LogP contribution in [0.5, 0.6) is 0 Å². The van der Waals surface area contributed by atoms with E-state index in [-0.39, 0.29) is 6.04 Å². The van der Waals surface area contributed by atoms with Gasteiger partial charge in [0.05, 0.1) is 12.2 Å². The van der Waals surface area contributed by atoms with Gasteiger partial charge in [0.15, 0.2) is 0 Å². The number of nitrogen functional groups attached to an aromatic ring is 1. The highest BCUT2D eigenvalue weighted by atomic mass is 15.3. The lowest BCUT2D eigenvalue weighted by molar-refractivity contribution is 0.565. The summed E-state index contributed by atoms with van der Waals surface area (Å²) in [5, 5.41) is 4.47. The Kier molecular flexibility index (Phi) is 3.25. The Bertz CT molecular complexity index is 701. The number of hydrogen-bond donors (Lipinski definition) is 1. The number of nitrogens with zero attached hydrogens (tertiary/aromatic N) is 2. The van der Waals surface area contributed by atoms with Gasteiger partial charge in [0, 0.05) is 23.0 Å². The van der Waals surface area contributed by atoms with E-state index in [4.69, 9.17) is 5.73 Å². The molecule has 0 aliphatic carbocycles. The maximum atomic E-state index is 6.01. The number of benzene rings is 2. The van der Waals surface area contributed by atoms with E-state index in [2.05, 4.69) is 24.2 Å². The van der Waals surface area contributed by atoms with Crippen LogP contribution in [0.15, 0.2) is 67.0 Å². The minimum atomic E-state index is 0.204. The number of rotatable bonds is 3. The zero-order valence-electron chi connectivity index (χ0n) is 11.4. The maximum Gasteiger partial charge on any atom is 0.0740 e. The molecule has 0 fully saturated rings. The molecule has 0 amide bonds. The van der Waals surface area contributed by atoms with Gasteiger partial charge in [-0.25, -0.2) is 0 Å². The van der Waals surface area contributed by atoms with E-state index in [9.17, 15) is 0 Å². The Morgan fingerprint density at radius 2 is 1.70 bits per heavy atom. The molecule has 0 bridgehead atoms. The normalized spacial score (nSPS) is 12.2. The predicted molar refractivity (Wildman–Crippen MR) is 82.3 cm³/mol. The number of nitrogens with two attached hydrogens (primary N) is 1. The van der Waals surface area contributed by atoms with Crippen LogP contribution in [0.2, 0.25) is 0 Å². The van der Waals surface area contributed by atoms with Crippen LogP contribution >= 0.6 is 0 Å². The summed E-state index contributed by atoms with van der Waals surface area (Å²) in [5.74, 6) is 0. The zero-order chi connectivity index (χ0) is 13.9. The molecule has 0 saturated carbocycles. The second kappa shape index (κ2) is 5.21. The first-order valence-electron chi connectivity index (χ1n) is 6.69. The molecule has 1 heterocycles. The lowest BCUT2D eigenvalue weighted by atomic mass is 10.1. The summed E-state index contributed by atoms with van der Waals surface area (Å²) in [4.78, 5) is 0. The number of hydrogen-bond acceptors (Lipinski definition) is 2. The van der Waals surface area contributed by atoms with Crippen molar-refractivity contribution >= 4 is 5.69 Å². The van der Waals surface area contributed by atoms with E-state index < -0.39 is 0 Å². The summed E-state index contributed by atoms with van der Waals surface area (Å²) in [6, 6.07) is 18.4. The van der Waals surface area contributed by atoms with E-state index in [0.29, 0.717) is 0 Å². The van der Waals surface area contributed by atoms with Crippen LogP contribution in [0.1, 0.15) is 18.5 Å². The molecule has 1 unspecified atom stereocenters. The van der Waals surface area contributed by atoms with Gasteiger partial charge in [-0.1, -0.05) is 48.5 Å². The van der Waals surface area contributed by atoms with E-state index in [1.165, 1.54) is 5.56 Å². The summed E-state index contributed by atoms with van der Waals surface area (Å²) in [5.41, 5.74) is 10.1. The van der Waals surface area contributed by atoms with Crippen molar-refractivity contribution in [2.24, 2.45) is 0 Å². The average molecular weight is 263 g/mol. The minimum Gasteiger partial charge on any atom is -0.398 e. The Morgan fingerprint density at radius 3 is 2.45 bits per heavy atom. The highest BCUT2D eigenvalue weighted by Crippen LogP contribution is 2.26. The molecule has 0 aliphatic heterocycles. The minimum absolute atomic E-state index is 0.204. The molecule has 3 heteroatoms. The molecule has 3 aromatic rings. The van der Waals surface area contributed by atoms with Crippen LogP contribution < -0.4 is 5.73 Å². The van der Waals surface area contributed by atoms with E-state index in [1.54, 1.807) is 0 Å². The van der Waals surface area contributed by atoms with Crippen molar-refractivity contribution in [2.75, 3.05) is 5.73 Å². The molecular weight excluding hydrogens is 246 g/mol. The molecule has 0 spiro atoms. The van der Waals surface area contributed by atoms with Crippen molar-refractivity contribution in [3.05, 3.63) is 72.6 Å². The van der Waals surface area contributed by atoms with Crippen molar-refractivity contribution in [1.29, 1.82) is 0 Å². The molecule has 2 N–H and O–H groups in total. The van der Waals surface area contributed by atoms with Gasteiger partial charge in [-0.15, -0.1) is 0 Å². The molecule has 1 aromatic heterocycles. The van der Waals surface area contributed by atoms with E-state index in [1.807, 2.05) is 59.5 Å². The van der Waals surface area contributed by atoms with Gasteiger partial charge in [0.2, 0.25) is 0 Å². The summed E-state index contributed by atoms with van der Waals surface area (Å²) in [7, 11) is 0. The number of anilines is 1. The van der Waals surface area contributed by atoms with Crippen LogP contribution in [0.4, 0.5) is 5.69 Å². The van der Waals surface area contributed by atoms with Crippen LogP contribution in [0.25, 0.3) is 11.1 Å². The van der Waals surface area contributed by atoms with Gasteiger partial charge < -0.3 is 5.73 Å². The molecule has 20 heavy (non-hydrogen) atoms. The first kappa shape index (κ1) is 12.5. The molecule has 3 nitrogen and oxygen atoms in total. The SMILES string of the molecule is CC(c1ccccc1)n1cc(-c2ccccc2N)cn1. The van der Waals surface area contributed by atoms with Gasteiger partial charge >= 0.3 is 0 Å². The average Bonchev–Trinajstić information content (AvgIpc) is 2.97. The second-order valence-electron chi connectivity index (χ2n) is 4.88. The van der Waals surface area contributed by atoms with Gasteiger partial charge in [-0.05, 0) is 18.6 Å². The lowest BCUT2D eigenvalue weighted by Crippen LogP contribution is -2.06. The first-order chi connectivity index (χ1) is 9.75. The summed E-state index contributed by atoms with van der Waals surface area (Å²) < 4.78 is 1.97. The van der Waals surface area contributed by atoms with Crippen molar-refractivity contribution < 1.29 is 0 Å². The van der Waals surface area contributed by atoms with Crippen LogP contribution in [0, 0.1) is 0 Å². The van der Waals surface area contributed by atoms with Crippen LogP contribution in [-0.4, -0.2) is 9.78 Å². The monoisotopic (exact) mass is 263 g/mol. The largest absolute Gasteiger partial charge is 0.398 e. The molecule has 1 atom stereocenters. The van der Waals surface area contributed by atoms with Gasteiger partial charge in [-0.3, -0.25) is 4.68 Å². The van der Waals surface area contributed by atoms with Gasteiger partial charge in [-0.2, -0.15) is 5.10 Å². The molecule has 0 saturated heterocycles. The lowest BCUT2D eigenvalue weighted by Gasteiger charge is -2.12. The molecule has 100 valence electrons. The standard InChI is InChI=1S/C17H17N3/c1-13(14-7-3-2-4-8-14)20-12-15(11-19-20)16-9-5-6-10-17(16)18/h2-13H,18H2,1H3. The zero-order valence-corrected chi connectivity index (χ0v) is 11.4. The third-order valence-electron chi connectivity index (χ3n) is 3.55. The molecule has 3 rings (SSSR count). The summed E-state index contributed by atoms with van der Waals surface area (Å²) in [6.07, 6.45) is 3.91. The Labute approximate surface area is 118 Å². The summed E-state index contributed by atoms with van der Waals surface area (Å²) in [6.45, 7) is 2.14. The third kappa shape index (κ3) is 2.30. The second-order valence-corrected chi connectivity index (χ2v) is 4.88. The van der Waals surface area contributed by atoms with E-state index in [0.717, 1.165) is 16.8 Å². The molecule has 0 aliphatic rings. The van der Waals surface area contributed by atoms with Crippen molar-refractivity contribution in [3.8, 4) is 11.1 Å². The molecule has 2 aromatic carbocycles. The smallest absolute Gasteiger partial charge is 0.0740 e. The van der Waals surface area contributed by atoms with Crippen molar-refractivity contribution in [1.82, 2.24) is 9.78 Å². The highest BCUT2D eigenvalue weighted by Gasteiger charge is 2.10. The summed E-state index contributed by atoms with van der Waals surface area (Å²) >= 11 is 0.